The van der Waals surface area contributed by atoms with Crippen LogP contribution in [0.3, 0.4) is 0 Å². The smallest absolute Gasteiger partial charge is 0.246 e. The molecule has 2 rings (SSSR count). The van der Waals surface area contributed by atoms with Crippen molar-refractivity contribution in [3.63, 3.8) is 0 Å². The van der Waals surface area contributed by atoms with E-state index in [4.69, 9.17) is 0 Å². The molecule has 1 fully saturated rings. The summed E-state index contributed by atoms with van der Waals surface area (Å²) in [6.07, 6.45) is 3.79. The van der Waals surface area contributed by atoms with Gasteiger partial charge in [0.05, 0.1) is 0 Å². The third kappa shape index (κ3) is 2.99. The number of nitrogens with zero attached hydrogens (tertiary/aromatic N) is 1. The van der Waals surface area contributed by atoms with Crippen LogP contribution in [0.4, 0.5) is 0 Å². The molecule has 0 unspecified atom stereocenters. The molecular weight excluding hydrogens is 274 g/mol. The number of benzene rings is 1. The summed E-state index contributed by atoms with van der Waals surface area (Å²) in [4.78, 5) is -0.00710. The molecule has 0 bridgehead atoms. The summed E-state index contributed by atoms with van der Waals surface area (Å²) in [7, 11) is -2.01. The van der Waals surface area contributed by atoms with Crippen molar-refractivity contribution in [1.82, 2.24) is 4.31 Å². The first kappa shape index (κ1) is 15.3. The van der Waals surface area contributed by atoms with Gasteiger partial charge in [0.2, 0.25) is 10.0 Å². The fraction of sp³-hybridized carbons (Fsp3) is 0.600. The van der Waals surface area contributed by atoms with Crippen LogP contribution in [-0.4, -0.2) is 30.9 Å². The lowest BCUT2D eigenvalue weighted by Gasteiger charge is -2.38. The third-order valence-corrected chi connectivity index (χ3v) is 6.30. The van der Waals surface area contributed by atoms with Crippen LogP contribution in [0.15, 0.2) is 29.2 Å². The Labute approximate surface area is 121 Å². The largest absolute Gasteiger partial charge is 0.507 e. The SMILES string of the molecule is CN(C1CCC(C)(C)CC1)S(=O)(=O)c1ccccc1O. The summed E-state index contributed by atoms with van der Waals surface area (Å²) in [5.74, 6) is -0.185. The average molecular weight is 297 g/mol. The maximum absolute atomic E-state index is 12.6. The molecule has 0 saturated heterocycles. The van der Waals surface area contributed by atoms with E-state index in [0.29, 0.717) is 5.41 Å². The van der Waals surface area contributed by atoms with Gasteiger partial charge < -0.3 is 5.11 Å². The number of phenolic OH excluding ortho intramolecular Hbond substituents is 1. The molecule has 0 spiro atoms. The van der Waals surface area contributed by atoms with Gasteiger partial charge in [0.1, 0.15) is 10.6 Å². The van der Waals surface area contributed by atoms with Crippen LogP contribution in [0.25, 0.3) is 0 Å². The predicted octanol–water partition coefficient (Wildman–Crippen LogP) is 2.98. The van der Waals surface area contributed by atoms with Gasteiger partial charge in [-0.15, -0.1) is 0 Å². The van der Waals surface area contributed by atoms with E-state index in [-0.39, 0.29) is 16.7 Å². The monoisotopic (exact) mass is 297 g/mol. The Morgan fingerprint density at radius 3 is 2.30 bits per heavy atom. The first-order valence-electron chi connectivity index (χ1n) is 7.00. The third-order valence-electron chi connectivity index (χ3n) is 4.35. The molecule has 0 aliphatic heterocycles. The minimum absolute atomic E-state index is 0.00710. The van der Waals surface area contributed by atoms with Gasteiger partial charge in [-0.05, 0) is 43.2 Å². The summed E-state index contributed by atoms with van der Waals surface area (Å²) in [6.45, 7) is 4.45. The van der Waals surface area contributed by atoms with Crippen LogP contribution < -0.4 is 0 Å². The normalized spacial score (nSPS) is 20.2. The van der Waals surface area contributed by atoms with Gasteiger partial charge in [-0.3, -0.25) is 0 Å². The molecule has 20 heavy (non-hydrogen) atoms. The Morgan fingerprint density at radius 2 is 1.75 bits per heavy atom. The lowest BCUT2D eigenvalue weighted by Crippen LogP contribution is -2.40. The standard InChI is InChI=1S/C15H23NO3S/c1-15(2)10-8-12(9-11-15)16(3)20(18,19)14-7-5-4-6-13(14)17/h4-7,12,17H,8-11H2,1-3H3. The molecule has 1 saturated carbocycles. The molecule has 0 amide bonds. The second kappa shape index (κ2) is 5.37. The highest BCUT2D eigenvalue weighted by Crippen LogP contribution is 2.38. The van der Waals surface area contributed by atoms with Crippen molar-refractivity contribution in [2.24, 2.45) is 5.41 Å². The quantitative estimate of drug-likeness (QED) is 0.933. The summed E-state index contributed by atoms with van der Waals surface area (Å²) in [5, 5.41) is 9.77. The zero-order valence-electron chi connectivity index (χ0n) is 12.3. The van der Waals surface area contributed by atoms with E-state index < -0.39 is 10.0 Å². The Bertz CT molecular complexity index is 571. The molecule has 1 aliphatic carbocycles. The van der Waals surface area contributed by atoms with Crippen molar-refractivity contribution in [1.29, 1.82) is 0 Å². The Kier molecular flexibility index (Phi) is 4.12. The summed E-state index contributed by atoms with van der Waals surface area (Å²) >= 11 is 0. The first-order valence-corrected chi connectivity index (χ1v) is 8.44. The highest BCUT2D eigenvalue weighted by molar-refractivity contribution is 7.89. The summed E-state index contributed by atoms with van der Waals surface area (Å²) < 4.78 is 26.6. The van der Waals surface area contributed by atoms with Gasteiger partial charge in [0.25, 0.3) is 0 Å². The van der Waals surface area contributed by atoms with Crippen molar-refractivity contribution in [2.45, 2.75) is 50.5 Å². The number of sulfonamides is 1. The molecule has 5 heteroatoms. The van der Waals surface area contributed by atoms with Gasteiger partial charge in [0.15, 0.2) is 0 Å². The number of para-hydroxylation sites is 1. The molecule has 112 valence electrons. The van der Waals surface area contributed by atoms with Crippen LogP contribution in [0.2, 0.25) is 0 Å². The number of rotatable bonds is 3. The maximum atomic E-state index is 12.6. The molecule has 1 N–H and O–H groups in total. The van der Waals surface area contributed by atoms with Crippen LogP contribution in [0, 0.1) is 5.41 Å². The molecule has 0 heterocycles. The Hall–Kier alpha value is -1.07. The zero-order chi connectivity index (χ0) is 15.0. The van der Waals surface area contributed by atoms with Crippen molar-refractivity contribution < 1.29 is 13.5 Å². The molecule has 0 radical (unpaired) electrons. The van der Waals surface area contributed by atoms with E-state index in [1.807, 2.05) is 0 Å². The number of hydrogen-bond acceptors (Lipinski definition) is 3. The second-order valence-corrected chi connectivity index (χ2v) is 8.35. The fourth-order valence-electron chi connectivity index (χ4n) is 2.77. The Balaban J connectivity index is 2.21. The van der Waals surface area contributed by atoms with Crippen LogP contribution in [-0.2, 0) is 10.0 Å². The predicted molar refractivity (Wildman–Crippen MR) is 79.1 cm³/mol. The molecular formula is C15H23NO3S. The Morgan fingerprint density at radius 1 is 1.20 bits per heavy atom. The van der Waals surface area contributed by atoms with E-state index in [0.717, 1.165) is 25.7 Å². The van der Waals surface area contributed by atoms with Gasteiger partial charge in [0, 0.05) is 13.1 Å². The summed E-state index contributed by atoms with van der Waals surface area (Å²) in [5.41, 5.74) is 0.302. The van der Waals surface area contributed by atoms with E-state index >= 15 is 0 Å². The van der Waals surface area contributed by atoms with Gasteiger partial charge in [-0.25, -0.2) is 8.42 Å². The minimum atomic E-state index is -3.62. The van der Waals surface area contributed by atoms with Crippen LogP contribution in [0.5, 0.6) is 5.75 Å². The zero-order valence-corrected chi connectivity index (χ0v) is 13.2. The minimum Gasteiger partial charge on any atom is -0.507 e. The van der Waals surface area contributed by atoms with E-state index in [1.165, 1.54) is 16.4 Å². The van der Waals surface area contributed by atoms with Gasteiger partial charge in [-0.1, -0.05) is 26.0 Å². The highest BCUT2D eigenvalue weighted by Gasteiger charge is 2.34. The highest BCUT2D eigenvalue weighted by atomic mass is 32.2. The molecule has 1 aliphatic rings. The molecule has 0 aromatic heterocycles. The van der Waals surface area contributed by atoms with Crippen molar-refractivity contribution in [2.75, 3.05) is 7.05 Å². The first-order chi connectivity index (χ1) is 9.24. The van der Waals surface area contributed by atoms with E-state index in [2.05, 4.69) is 13.8 Å². The lowest BCUT2D eigenvalue weighted by atomic mass is 9.76. The number of hydrogen-bond donors (Lipinski definition) is 1. The van der Waals surface area contributed by atoms with E-state index in [9.17, 15) is 13.5 Å². The average Bonchev–Trinajstić information content (AvgIpc) is 2.38. The van der Waals surface area contributed by atoms with Crippen molar-refractivity contribution in [3.8, 4) is 5.75 Å². The fourth-order valence-corrected chi connectivity index (χ4v) is 4.27. The number of phenols is 1. The van der Waals surface area contributed by atoms with Crippen molar-refractivity contribution >= 4 is 10.0 Å². The maximum Gasteiger partial charge on any atom is 0.246 e. The van der Waals surface area contributed by atoms with Crippen LogP contribution in [0.1, 0.15) is 39.5 Å². The summed E-state index contributed by atoms with van der Waals surface area (Å²) in [6, 6.07) is 6.13. The molecule has 4 nitrogen and oxygen atoms in total. The molecule has 1 aromatic carbocycles. The van der Waals surface area contributed by atoms with E-state index in [1.54, 1.807) is 19.2 Å². The van der Waals surface area contributed by atoms with Gasteiger partial charge in [-0.2, -0.15) is 4.31 Å². The van der Waals surface area contributed by atoms with Gasteiger partial charge >= 0.3 is 0 Å². The lowest BCUT2D eigenvalue weighted by molar-refractivity contribution is 0.174. The molecule has 0 atom stereocenters. The topological polar surface area (TPSA) is 57.6 Å². The number of aromatic hydroxyl groups is 1. The second-order valence-electron chi connectivity index (χ2n) is 6.38. The van der Waals surface area contributed by atoms with Crippen molar-refractivity contribution in [3.05, 3.63) is 24.3 Å². The van der Waals surface area contributed by atoms with Crippen LogP contribution >= 0.6 is 0 Å². The molecule has 1 aromatic rings.